The number of rotatable bonds is 3. The highest BCUT2D eigenvalue weighted by Gasteiger charge is 2.24. The van der Waals surface area contributed by atoms with Crippen LogP contribution in [0.4, 0.5) is 0 Å². The van der Waals surface area contributed by atoms with Crippen molar-refractivity contribution in [3.63, 3.8) is 0 Å². The van der Waals surface area contributed by atoms with Crippen LogP contribution in [0.2, 0.25) is 0 Å². The Labute approximate surface area is 109 Å². The van der Waals surface area contributed by atoms with E-state index in [2.05, 4.69) is 23.8 Å². The quantitative estimate of drug-likeness (QED) is 0.632. The molecule has 1 heterocycles. The molecule has 1 aromatic heterocycles. The molecule has 1 saturated carbocycles. The molecule has 3 heteroatoms. The number of aryl methyl sites for hydroxylation is 1. The highest BCUT2D eigenvalue weighted by atomic mass is 32.1. The number of hydrogen-bond acceptors (Lipinski definition) is 3. The highest BCUT2D eigenvalue weighted by molar-refractivity contribution is 7.10. The van der Waals surface area contributed by atoms with E-state index >= 15 is 0 Å². The zero-order chi connectivity index (χ0) is 12.1. The van der Waals surface area contributed by atoms with Crippen LogP contribution in [0, 0.1) is 12.8 Å². The first-order valence-corrected chi connectivity index (χ1v) is 7.71. The van der Waals surface area contributed by atoms with Gasteiger partial charge in [-0.05, 0) is 42.7 Å². The van der Waals surface area contributed by atoms with Crippen LogP contribution in [-0.4, -0.2) is 0 Å². The van der Waals surface area contributed by atoms with Crippen molar-refractivity contribution in [2.24, 2.45) is 11.8 Å². The van der Waals surface area contributed by atoms with Gasteiger partial charge in [0.15, 0.2) is 0 Å². The van der Waals surface area contributed by atoms with Crippen molar-refractivity contribution in [2.45, 2.75) is 57.9 Å². The van der Waals surface area contributed by atoms with Gasteiger partial charge in [0.25, 0.3) is 0 Å². The molecule has 0 aliphatic heterocycles. The molecule has 1 aliphatic carbocycles. The van der Waals surface area contributed by atoms with Gasteiger partial charge in [-0.25, -0.2) is 0 Å². The van der Waals surface area contributed by atoms with E-state index in [4.69, 9.17) is 5.84 Å². The van der Waals surface area contributed by atoms with E-state index in [1.807, 2.05) is 11.3 Å². The fourth-order valence-electron chi connectivity index (χ4n) is 2.95. The van der Waals surface area contributed by atoms with Gasteiger partial charge in [0.1, 0.15) is 0 Å². The lowest BCUT2D eigenvalue weighted by Crippen LogP contribution is -2.33. The van der Waals surface area contributed by atoms with E-state index < -0.39 is 0 Å². The minimum Gasteiger partial charge on any atom is -0.271 e. The first-order chi connectivity index (χ1) is 8.33. The minimum absolute atomic E-state index is 0.369. The summed E-state index contributed by atoms with van der Waals surface area (Å²) >= 11 is 1.85. The van der Waals surface area contributed by atoms with Crippen molar-refractivity contribution in [2.75, 3.05) is 0 Å². The van der Waals surface area contributed by atoms with Gasteiger partial charge in [0, 0.05) is 4.88 Å². The molecule has 1 aromatic rings. The van der Waals surface area contributed by atoms with Crippen molar-refractivity contribution in [3.05, 3.63) is 21.9 Å². The first kappa shape index (κ1) is 13.1. The Morgan fingerprint density at radius 3 is 2.41 bits per heavy atom. The molecular weight excluding hydrogens is 228 g/mol. The van der Waals surface area contributed by atoms with Crippen LogP contribution < -0.4 is 11.3 Å². The Morgan fingerprint density at radius 2 is 1.88 bits per heavy atom. The maximum absolute atomic E-state index is 5.81. The summed E-state index contributed by atoms with van der Waals surface area (Å²) in [5, 5.41) is 2.18. The molecule has 0 amide bonds. The first-order valence-electron chi connectivity index (χ1n) is 6.83. The molecule has 3 N–H and O–H groups in total. The molecule has 0 aromatic carbocycles. The zero-order valence-corrected chi connectivity index (χ0v) is 11.6. The fourth-order valence-corrected chi connectivity index (χ4v) is 4.03. The van der Waals surface area contributed by atoms with Gasteiger partial charge in [-0.2, -0.15) is 0 Å². The lowest BCUT2D eigenvalue weighted by atomic mass is 9.85. The zero-order valence-electron chi connectivity index (χ0n) is 10.7. The Hall–Kier alpha value is -0.380. The predicted molar refractivity (Wildman–Crippen MR) is 74.9 cm³/mol. The Kier molecular flexibility index (Phi) is 5.01. The van der Waals surface area contributed by atoms with Crippen LogP contribution >= 0.6 is 11.3 Å². The van der Waals surface area contributed by atoms with Crippen molar-refractivity contribution in [3.8, 4) is 0 Å². The Bertz CT molecular complexity index is 327. The van der Waals surface area contributed by atoms with Crippen LogP contribution in [0.1, 0.15) is 61.4 Å². The number of nitrogens with one attached hydrogen (secondary N) is 1. The lowest BCUT2D eigenvalue weighted by molar-refractivity contribution is 0.293. The predicted octanol–water partition coefficient (Wildman–Crippen LogP) is 3.92. The second-order valence-electron chi connectivity index (χ2n) is 5.22. The largest absolute Gasteiger partial charge is 0.271 e. The molecule has 0 spiro atoms. The third-order valence-corrected chi connectivity index (χ3v) is 5.09. The van der Waals surface area contributed by atoms with Crippen molar-refractivity contribution in [1.82, 2.24) is 5.43 Å². The average molecular weight is 252 g/mol. The van der Waals surface area contributed by atoms with E-state index in [1.54, 1.807) is 0 Å². The van der Waals surface area contributed by atoms with Crippen LogP contribution in [-0.2, 0) is 0 Å². The summed E-state index contributed by atoms with van der Waals surface area (Å²) in [7, 11) is 0. The number of hydrazine groups is 1. The van der Waals surface area contributed by atoms with Gasteiger partial charge in [-0.15, -0.1) is 11.3 Å². The molecule has 0 bridgehead atoms. The SMILES string of the molecule is Cc1ccsc1C(NN)C1CCCCCCC1. The van der Waals surface area contributed by atoms with Gasteiger partial charge >= 0.3 is 0 Å². The molecule has 1 fully saturated rings. The van der Waals surface area contributed by atoms with Gasteiger partial charge in [-0.3, -0.25) is 11.3 Å². The topological polar surface area (TPSA) is 38.0 Å². The van der Waals surface area contributed by atoms with Gasteiger partial charge in [-0.1, -0.05) is 32.1 Å². The maximum Gasteiger partial charge on any atom is 0.0584 e. The van der Waals surface area contributed by atoms with Crippen molar-refractivity contribution in [1.29, 1.82) is 0 Å². The third-order valence-electron chi connectivity index (χ3n) is 3.98. The summed E-state index contributed by atoms with van der Waals surface area (Å²) in [5.41, 5.74) is 4.46. The summed E-state index contributed by atoms with van der Waals surface area (Å²) in [6, 6.07) is 2.57. The number of hydrogen-bond donors (Lipinski definition) is 2. The highest BCUT2D eigenvalue weighted by Crippen LogP contribution is 2.35. The number of nitrogens with two attached hydrogens (primary N) is 1. The number of thiophene rings is 1. The molecule has 0 radical (unpaired) electrons. The van der Waals surface area contributed by atoms with Gasteiger partial charge in [0.05, 0.1) is 6.04 Å². The Morgan fingerprint density at radius 1 is 1.24 bits per heavy atom. The third kappa shape index (κ3) is 3.30. The summed E-state index contributed by atoms with van der Waals surface area (Å²) in [5.74, 6) is 6.53. The van der Waals surface area contributed by atoms with Crippen LogP contribution in [0.3, 0.4) is 0 Å². The molecule has 17 heavy (non-hydrogen) atoms. The maximum atomic E-state index is 5.81. The van der Waals surface area contributed by atoms with E-state index in [1.165, 1.54) is 55.4 Å². The van der Waals surface area contributed by atoms with Gasteiger partial charge < -0.3 is 0 Å². The van der Waals surface area contributed by atoms with Crippen LogP contribution in [0.5, 0.6) is 0 Å². The molecule has 1 aliphatic rings. The molecule has 96 valence electrons. The van der Waals surface area contributed by atoms with E-state index in [0.29, 0.717) is 6.04 Å². The lowest BCUT2D eigenvalue weighted by Gasteiger charge is -2.28. The molecule has 2 nitrogen and oxygen atoms in total. The van der Waals surface area contributed by atoms with Crippen LogP contribution in [0.25, 0.3) is 0 Å². The second-order valence-corrected chi connectivity index (χ2v) is 6.17. The summed E-state index contributed by atoms with van der Waals surface area (Å²) in [4.78, 5) is 1.44. The van der Waals surface area contributed by atoms with Gasteiger partial charge in [0.2, 0.25) is 0 Å². The van der Waals surface area contributed by atoms with Crippen LogP contribution in [0.15, 0.2) is 11.4 Å². The smallest absolute Gasteiger partial charge is 0.0584 e. The summed E-state index contributed by atoms with van der Waals surface area (Å²) in [6.07, 6.45) is 9.61. The van der Waals surface area contributed by atoms with E-state index in [9.17, 15) is 0 Å². The fraction of sp³-hybridized carbons (Fsp3) is 0.714. The minimum atomic E-state index is 0.369. The Balaban J connectivity index is 2.08. The van der Waals surface area contributed by atoms with E-state index in [-0.39, 0.29) is 0 Å². The van der Waals surface area contributed by atoms with E-state index in [0.717, 1.165) is 5.92 Å². The summed E-state index contributed by atoms with van der Waals surface area (Å²) < 4.78 is 0. The monoisotopic (exact) mass is 252 g/mol. The average Bonchev–Trinajstić information content (AvgIpc) is 2.69. The molecule has 0 saturated heterocycles. The normalized spacial score (nSPS) is 20.8. The standard InChI is InChI=1S/C14H24N2S/c1-11-9-10-17-14(11)13(16-15)12-7-5-3-2-4-6-8-12/h9-10,12-13,16H,2-8,15H2,1H3. The van der Waals surface area contributed by atoms with Crippen molar-refractivity contribution >= 4 is 11.3 Å². The van der Waals surface area contributed by atoms with Crippen molar-refractivity contribution < 1.29 is 0 Å². The summed E-state index contributed by atoms with van der Waals surface area (Å²) in [6.45, 7) is 2.19. The molecule has 2 rings (SSSR count). The molecule has 1 atom stereocenters. The molecule has 1 unspecified atom stereocenters. The molecular formula is C14H24N2S. The second kappa shape index (κ2) is 6.53.